The van der Waals surface area contributed by atoms with Gasteiger partial charge < -0.3 is 24.3 Å². The maximum Gasteiger partial charge on any atom is 0.336 e. The second-order valence-corrected chi connectivity index (χ2v) is 10.5. The summed E-state index contributed by atoms with van der Waals surface area (Å²) in [6, 6.07) is 17.6. The largest absolute Gasteiger partial charge is 0.477 e. The predicted octanol–water partition coefficient (Wildman–Crippen LogP) is 5.59. The Hall–Kier alpha value is -4.97. The standard InChI is InChI=1S/C33H38N4O8/c1-22-29(31(25-14-11-15-26(20-25)37(40)41)30(23(2)34-22)33(39)45-19-18-42-3)32(38)44-17-10-5-4-9-16-43-28-21-27(35-36-28)24-12-7-6-8-13-24/h6-8,11-15,20-21,31,34H,4-5,9-10,16-19H2,1-3H3,(H,35,36). The zero-order valence-corrected chi connectivity index (χ0v) is 25.7. The lowest BCUT2D eigenvalue weighted by Crippen LogP contribution is -2.33. The number of esters is 2. The van der Waals surface area contributed by atoms with Gasteiger partial charge in [0.1, 0.15) is 6.61 Å². The lowest BCUT2D eigenvalue weighted by Gasteiger charge is -2.30. The summed E-state index contributed by atoms with van der Waals surface area (Å²) < 4.78 is 21.8. The number of rotatable bonds is 16. The van der Waals surface area contributed by atoms with Crippen LogP contribution in [0.15, 0.2) is 83.2 Å². The zero-order valence-electron chi connectivity index (χ0n) is 25.7. The number of aromatic amines is 1. The number of non-ortho nitro benzene ring substituents is 1. The van der Waals surface area contributed by atoms with Gasteiger partial charge >= 0.3 is 11.9 Å². The fourth-order valence-corrected chi connectivity index (χ4v) is 5.10. The Morgan fingerprint density at radius 1 is 0.844 bits per heavy atom. The fraction of sp³-hybridized carbons (Fsp3) is 0.364. The molecule has 0 aliphatic carbocycles. The summed E-state index contributed by atoms with van der Waals surface area (Å²) in [6.45, 7) is 4.30. The molecule has 1 aromatic heterocycles. The summed E-state index contributed by atoms with van der Waals surface area (Å²) in [5.74, 6) is -1.64. The van der Waals surface area contributed by atoms with Gasteiger partial charge in [-0.05, 0) is 50.7 Å². The van der Waals surface area contributed by atoms with Gasteiger partial charge in [0.05, 0.1) is 47.5 Å². The minimum Gasteiger partial charge on any atom is -0.477 e. The van der Waals surface area contributed by atoms with E-state index >= 15 is 0 Å². The van der Waals surface area contributed by atoms with E-state index in [2.05, 4.69) is 15.5 Å². The highest BCUT2D eigenvalue weighted by atomic mass is 16.6. The van der Waals surface area contributed by atoms with E-state index in [0.717, 1.165) is 30.5 Å². The zero-order chi connectivity index (χ0) is 32.2. The van der Waals surface area contributed by atoms with Crippen LogP contribution in [0.2, 0.25) is 0 Å². The highest BCUT2D eigenvalue weighted by molar-refractivity contribution is 6.00. The smallest absolute Gasteiger partial charge is 0.336 e. The van der Waals surface area contributed by atoms with Crippen LogP contribution in [0.4, 0.5) is 5.69 Å². The average molecular weight is 619 g/mol. The van der Waals surface area contributed by atoms with Gasteiger partial charge in [-0.15, -0.1) is 5.10 Å². The van der Waals surface area contributed by atoms with Crippen molar-refractivity contribution in [3.8, 4) is 17.1 Å². The molecule has 12 heteroatoms. The van der Waals surface area contributed by atoms with Crippen molar-refractivity contribution in [3.05, 3.63) is 98.9 Å². The summed E-state index contributed by atoms with van der Waals surface area (Å²) >= 11 is 0. The Kier molecular flexibility index (Phi) is 11.9. The maximum absolute atomic E-state index is 13.5. The van der Waals surface area contributed by atoms with Crippen LogP contribution in [0.5, 0.6) is 5.88 Å². The topological polar surface area (TPSA) is 155 Å². The number of dihydropyridines is 1. The number of nitro benzene ring substituents is 1. The number of hydrogen-bond donors (Lipinski definition) is 2. The van der Waals surface area contributed by atoms with Crippen LogP contribution < -0.4 is 10.1 Å². The number of aromatic nitrogens is 2. The van der Waals surface area contributed by atoms with Gasteiger partial charge in [-0.25, -0.2) is 9.59 Å². The Labute approximate surface area is 261 Å². The Balaban J connectivity index is 1.32. The van der Waals surface area contributed by atoms with Gasteiger partial charge in [0, 0.05) is 36.7 Å². The molecule has 2 aromatic carbocycles. The number of benzene rings is 2. The Morgan fingerprint density at radius 3 is 2.18 bits per heavy atom. The van der Waals surface area contributed by atoms with E-state index in [0.29, 0.717) is 35.9 Å². The maximum atomic E-state index is 13.5. The van der Waals surface area contributed by atoms with Crippen LogP contribution in [0.3, 0.4) is 0 Å². The van der Waals surface area contributed by atoms with Crippen LogP contribution in [0.1, 0.15) is 51.0 Å². The number of carbonyl (C=O) groups excluding carboxylic acids is 2. The van der Waals surface area contributed by atoms with Crippen molar-refractivity contribution in [1.29, 1.82) is 0 Å². The van der Waals surface area contributed by atoms with Gasteiger partial charge in [-0.2, -0.15) is 0 Å². The summed E-state index contributed by atoms with van der Waals surface area (Å²) in [5.41, 5.74) is 3.52. The van der Waals surface area contributed by atoms with E-state index in [-0.39, 0.29) is 36.7 Å². The van der Waals surface area contributed by atoms with E-state index < -0.39 is 22.8 Å². The average Bonchev–Trinajstić information content (AvgIpc) is 3.51. The number of carbonyl (C=O) groups is 2. The number of nitrogens with zero attached hydrogens (tertiary/aromatic N) is 2. The Bertz CT molecular complexity index is 1550. The van der Waals surface area contributed by atoms with Crippen molar-refractivity contribution in [2.75, 3.05) is 33.5 Å². The number of methoxy groups -OCH3 is 1. The molecule has 0 fully saturated rings. The highest BCUT2D eigenvalue weighted by Gasteiger charge is 2.38. The molecule has 3 aromatic rings. The minimum absolute atomic E-state index is 0.0116. The molecule has 0 saturated heterocycles. The SMILES string of the molecule is COCCOC(=O)C1=C(C)NC(C)=C(C(=O)OCCCCCCOc2cc(-c3ccccc3)[nH]n2)C1c1cccc([N+](=O)[O-])c1. The summed E-state index contributed by atoms with van der Waals surface area (Å²) in [4.78, 5) is 37.7. The van der Waals surface area contributed by atoms with Gasteiger partial charge in [0.25, 0.3) is 5.69 Å². The molecule has 0 saturated carbocycles. The first-order valence-electron chi connectivity index (χ1n) is 14.8. The van der Waals surface area contributed by atoms with Crippen LogP contribution in [0.25, 0.3) is 11.3 Å². The number of H-pyrrole nitrogens is 1. The molecule has 1 aliphatic rings. The van der Waals surface area contributed by atoms with Crippen molar-refractivity contribution in [1.82, 2.24) is 15.5 Å². The summed E-state index contributed by atoms with van der Waals surface area (Å²) in [6.07, 6.45) is 3.12. The molecule has 45 heavy (non-hydrogen) atoms. The molecule has 1 aliphatic heterocycles. The lowest BCUT2D eigenvalue weighted by molar-refractivity contribution is -0.384. The molecule has 2 heterocycles. The van der Waals surface area contributed by atoms with E-state index in [1.165, 1.54) is 25.3 Å². The summed E-state index contributed by atoms with van der Waals surface area (Å²) in [5, 5.41) is 21.8. The first-order chi connectivity index (χ1) is 21.8. The molecule has 0 amide bonds. The summed E-state index contributed by atoms with van der Waals surface area (Å²) in [7, 11) is 1.49. The minimum atomic E-state index is -0.921. The number of ether oxygens (including phenoxy) is 4. The molecule has 4 rings (SSSR count). The second kappa shape index (κ2) is 16.2. The molecule has 0 bridgehead atoms. The molecular formula is C33H38N4O8. The first kappa shape index (κ1) is 32.9. The van der Waals surface area contributed by atoms with Crippen LogP contribution in [-0.4, -0.2) is 60.6 Å². The molecule has 1 atom stereocenters. The molecule has 0 spiro atoms. The van der Waals surface area contributed by atoms with Crippen molar-refractivity contribution in [2.24, 2.45) is 0 Å². The third-order valence-electron chi connectivity index (χ3n) is 7.30. The number of nitrogens with one attached hydrogen (secondary N) is 2. The van der Waals surface area contributed by atoms with Gasteiger partial charge in [-0.3, -0.25) is 15.2 Å². The third kappa shape index (κ3) is 8.79. The van der Waals surface area contributed by atoms with E-state index in [1.807, 2.05) is 36.4 Å². The molecule has 0 radical (unpaired) electrons. The monoisotopic (exact) mass is 618 g/mol. The normalized spacial score (nSPS) is 14.6. The molecule has 1 unspecified atom stereocenters. The van der Waals surface area contributed by atoms with E-state index in [9.17, 15) is 19.7 Å². The van der Waals surface area contributed by atoms with Gasteiger partial charge in [0.15, 0.2) is 0 Å². The Morgan fingerprint density at radius 2 is 1.51 bits per heavy atom. The predicted molar refractivity (Wildman–Crippen MR) is 166 cm³/mol. The van der Waals surface area contributed by atoms with Crippen LogP contribution in [0, 0.1) is 10.1 Å². The number of hydrogen-bond acceptors (Lipinski definition) is 10. The highest BCUT2D eigenvalue weighted by Crippen LogP contribution is 2.40. The fourth-order valence-electron chi connectivity index (χ4n) is 5.10. The van der Waals surface area contributed by atoms with Crippen LogP contribution >= 0.6 is 0 Å². The van der Waals surface area contributed by atoms with E-state index in [4.69, 9.17) is 18.9 Å². The molecular weight excluding hydrogens is 580 g/mol. The quantitative estimate of drug-likeness (QED) is 0.0898. The second-order valence-electron chi connectivity index (χ2n) is 10.5. The van der Waals surface area contributed by atoms with E-state index in [1.54, 1.807) is 19.9 Å². The molecule has 238 valence electrons. The third-order valence-corrected chi connectivity index (χ3v) is 7.30. The van der Waals surface area contributed by atoms with Crippen molar-refractivity contribution < 1.29 is 33.5 Å². The first-order valence-corrected chi connectivity index (χ1v) is 14.8. The number of allylic oxidation sites excluding steroid dienone is 2. The number of nitro groups is 1. The molecule has 12 nitrogen and oxygen atoms in total. The van der Waals surface area contributed by atoms with Crippen molar-refractivity contribution >= 4 is 17.6 Å². The lowest BCUT2D eigenvalue weighted by atomic mass is 9.80. The van der Waals surface area contributed by atoms with Crippen LogP contribution in [-0.2, 0) is 23.8 Å². The van der Waals surface area contributed by atoms with Gasteiger partial charge in [-0.1, -0.05) is 42.5 Å². The molecule has 2 N–H and O–H groups in total. The number of unbranched alkanes of at least 4 members (excludes halogenated alkanes) is 3. The van der Waals surface area contributed by atoms with Gasteiger partial charge in [0.2, 0.25) is 5.88 Å². The van der Waals surface area contributed by atoms with Crippen molar-refractivity contribution in [2.45, 2.75) is 45.4 Å². The van der Waals surface area contributed by atoms with Crippen molar-refractivity contribution in [3.63, 3.8) is 0 Å².